The SMILES string of the molecule is O=C([O-])CNC(=O)c1cccc(OCC[NH+]2CCCC2)c1. The van der Waals surface area contributed by atoms with Gasteiger partial charge in [-0.05, 0) is 18.2 Å². The van der Waals surface area contributed by atoms with Crippen LogP contribution in [0.1, 0.15) is 23.2 Å². The lowest BCUT2D eigenvalue weighted by atomic mass is 10.2. The van der Waals surface area contributed by atoms with Gasteiger partial charge in [-0.3, -0.25) is 4.79 Å². The fraction of sp³-hybridized carbons (Fsp3) is 0.467. The number of hydrogen-bond donors (Lipinski definition) is 2. The summed E-state index contributed by atoms with van der Waals surface area (Å²) in [5, 5.41) is 12.6. The number of aliphatic carboxylic acids is 1. The van der Waals surface area contributed by atoms with Crippen LogP contribution in [0.25, 0.3) is 0 Å². The first-order chi connectivity index (χ1) is 10.1. The van der Waals surface area contributed by atoms with E-state index in [1.165, 1.54) is 25.9 Å². The summed E-state index contributed by atoms with van der Waals surface area (Å²) in [5.74, 6) is -1.14. The van der Waals surface area contributed by atoms with Gasteiger partial charge in [0.05, 0.1) is 25.6 Å². The molecule has 0 bridgehead atoms. The van der Waals surface area contributed by atoms with Crippen LogP contribution in [0.5, 0.6) is 5.75 Å². The van der Waals surface area contributed by atoms with Crippen molar-refractivity contribution in [2.75, 3.05) is 32.8 Å². The van der Waals surface area contributed by atoms with Gasteiger partial charge >= 0.3 is 0 Å². The molecule has 1 aliphatic heterocycles. The number of rotatable bonds is 7. The maximum absolute atomic E-state index is 11.7. The van der Waals surface area contributed by atoms with Crippen LogP contribution in [-0.4, -0.2) is 44.7 Å². The second-order valence-corrected chi connectivity index (χ2v) is 5.14. The van der Waals surface area contributed by atoms with Gasteiger partial charge in [-0.2, -0.15) is 0 Å². The van der Waals surface area contributed by atoms with Gasteiger partial charge in [0.15, 0.2) is 0 Å². The van der Waals surface area contributed by atoms with Crippen molar-refractivity contribution >= 4 is 11.9 Å². The van der Waals surface area contributed by atoms with Gasteiger partial charge in [-0.1, -0.05) is 6.07 Å². The monoisotopic (exact) mass is 292 g/mol. The second-order valence-electron chi connectivity index (χ2n) is 5.14. The Balaban J connectivity index is 1.82. The van der Waals surface area contributed by atoms with E-state index in [0.717, 1.165) is 6.54 Å². The second kappa shape index (κ2) is 7.64. The molecule has 1 aliphatic rings. The van der Waals surface area contributed by atoms with E-state index in [1.807, 2.05) is 0 Å². The summed E-state index contributed by atoms with van der Waals surface area (Å²) in [5.41, 5.74) is 0.377. The summed E-state index contributed by atoms with van der Waals surface area (Å²) < 4.78 is 5.65. The van der Waals surface area contributed by atoms with Crippen LogP contribution in [0.2, 0.25) is 0 Å². The highest BCUT2D eigenvalue weighted by atomic mass is 16.5. The van der Waals surface area contributed by atoms with Gasteiger partial charge in [0.25, 0.3) is 5.91 Å². The fourth-order valence-corrected chi connectivity index (χ4v) is 2.42. The Bertz CT molecular complexity index is 498. The molecule has 6 heteroatoms. The fourth-order valence-electron chi connectivity index (χ4n) is 2.42. The molecule has 1 aromatic rings. The zero-order valence-electron chi connectivity index (χ0n) is 11.9. The van der Waals surface area contributed by atoms with Gasteiger partial charge in [-0.25, -0.2) is 0 Å². The molecule has 6 nitrogen and oxygen atoms in total. The van der Waals surface area contributed by atoms with Crippen molar-refractivity contribution in [1.29, 1.82) is 0 Å². The van der Waals surface area contributed by atoms with Crippen molar-refractivity contribution in [1.82, 2.24) is 5.32 Å². The largest absolute Gasteiger partial charge is 0.548 e. The minimum Gasteiger partial charge on any atom is -0.548 e. The molecule has 0 atom stereocenters. The van der Waals surface area contributed by atoms with Gasteiger partial charge in [-0.15, -0.1) is 0 Å². The van der Waals surface area contributed by atoms with Crippen molar-refractivity contribution in [3.8, 4) is 5.75 Å². The van der Waals surface area contributed by atoms with Crippen molar-refractivity contribution in [3.63, 3.8) is 0 Å². The number of hydrogen-bond acceptors (Lipinski definition) is 4. The molecule has 1 amide bonds. The van der Waals surface area contributed by atoms with E-state index < -0.39 is 18.4 Å². The number of carboxylic acid groups (broad SMARTS) is 1. The summed E-state index contributed by atoms with van der Waals surface area (Å²) >= 11 is 0. The molecule has 2 rings (SSSR count). The van der Waals surface area contributed by atoms with E-state index in [-0.39, 0.29) is 0 Å². The third-order valence-electron chi connectivity index (χ3n) is 3.52. The Morgan fingerprint density at radius 1 is 1.29 bits per heavy atom. The number of quaternary nitrogens is 1. The van der Waals surface area contributed by atoms with Gasteiger partial charge in [0.2, 0.25) is 0 Å². The molecule has 114 valence electrons. The Labute approximate surface area is 123 Å². The summed E-state index contributed by atoms with van der Waals surface area (Å²) in [7, 11) is 0. The molecule has 0 radical (unpaired) electrons. The predicted octanol–water partition coefficient (Wildman–Crippen LogP) is -1.78. The molecule has 1 saturated heterocycles. The molecule has 1 aromatic carbocycles. The van der Waals surface area contributed by atoms with Crippen LogP contribution in [0.4, 0.5) is 0 Å². The molecule has 0 saturated carbocycles. The first kappa shape index (κ1) is 15.3. The smallest absolute Gasteiger partial charge is 0.251 e. The molecular weight excluding hydrogens is 272 g/mol. The maximum atomic E-state index is 11.7. The number of carbonyl (C=O) groups is 2. The van der Waals surface area contributed by atoms with Crippen LogP contribution in [0, 0.1) is 0 Å². The summed E-state index contributed by atoms with van der Waals surface area (Å²) in [4.78, 5) is 23.6. The lowest BCUT2D eigenvalue weighted by molar-refractivity contribution is -0.887. The molecule has 21 heavy (non-hydrogen) atoms. The molecule has 1 fully saturated rings. The average Bonchev–Trinajstić information content (AvgIpc) is 2.98. The Morgan fingerprint density at radius 3 is 2.76 bits per heavy atom. The van der Waals surface area contributed by atoms with E-state index in [4.69, 9.17) is 4.74 Å². The highest BCUT2D eigenvalue weighted by molar-refractivity contribution is 5.95. The minimum atomic E-state index is -1.32. The van der Waals surface area contributed by atoms with Crippen molar-refractivity contribution in [2.45, 2.75) is 12.8 Å². The standard InChI is InChI=1S/C15H20N2O4/c18-14(19)11-16-15(20)12-4-3-5-13(10-12)21-9-8-17-6-1-2-7-17/h3-5,10H,1-2,6-9,11H2,(H,16,20)(H,18,19). The summed E-state index contributed by atoms with van der Waals surface area (Å²) in [6.45, 7) is 3.48. The molecule has 0 unspecified atom stereocenters. The molecule has 0 aromatic heterocycles. The van der Waals surface area contributed by atoms with Crippen molar-refractivity contribution in [2.24, 2.45) is 0 Å². The lowest BCUT2D eigenvalue weighted by Gasteiger charge is -2.13. The van der Waals surface area contributed by atoms with E-state index >= 15 is 0 Å². The van der Waals surface area contributed by atoms with Crippen molar-refractivity contribution in [3.05, 3.63) is 29.8 Å². The van der Waals surface area contributed by atoms with Crippen LogP contribution < -0.4 is 20.1 Å². The average molecular weight is 292 g/mol. The van der Waals surface area contributed by atoms with Crippen molar-refractivity contribution < 1.29 is 24.3 Å². The minimum absolute atomic E-state index is 0.377. The van der Waals surface area contributed by atoms with E-state index in [9.17, 15) is 14.7 Å². The van der Waals surface area contributed by atoms with Crippen LogP contribution in [-0.2, 0) is 4.79 Å². The van der Waals surface area contributed by atoms with Gasteiger partial charge in [0, 0.05) is 18.4 Å². The number of amides is 1. The van der Waals surface area contributed by atoms with Crippen LogP contribution >= 0.6 is 0 Å². The maximum Gasteiger partial charge on any atom is 0.251 e. The number of carboxylic acids is 1. The Hall–Kier alpha value is -2.08. The number of likely N-dealkylation sites (tertiary alicyclic amines) is 1. The third-order valence-corrected chi connectivity index (χ3v) is 3.52. The summed E-state index contributed by atoms with van der Waals surface area (Å²) in [6.07, 6.45) is 2.56. The highest BCUT2D eigenvalue weighted by Gasteiger charge is 2.14. The molecular formula is C15H20N2O4. The summed E-state index contributed by atoms with van der Waals surface area (Å²) in [6, 6.07) is 6.73. The highest BCUT2D eigenvalue weighted by Crippen LogP contribution is 2.12. The van der Waals surface area contributed by atoms with E-state index in [2.05, 4.69) is 5.32 Å². The first-order valence-electron chi connectivity index (χ1n) is 7.19. The number of carbonyl (C=O) groups excluding carboxylic acids is 2. The Morgan fingerprint density at radius 2 is 2.05 bits per heavy atom. The van der Waals surface area contributed by atoms with E-state index in [1.54, 1.807) is 29.2 Å². The lowest BCUT2D eigenvalue weighted by Crippen LogP contribution is -3.10. The number of benzene rings is 1. The topological polar surface area (TPSA) is 82.9 Å². The van der Waals surface area contributed by atoms with Gasteiger partial charge in [0.1, 0.15) is 18.9 Å². The third kappa shape index (κ3) is 5.07. The molecule has 1 heterocycles. The van der Waals surface area contributed by atoms with Crippen LogP contribution in [0.3, 0.4) is 0 Å². The van der Waals surface area contributed by atoms with E-state index in [0.29, 0.717) is 17.9 Å². The normalized spacial score (nSPS) is 14.9. The molecule has 0 aliphatic carbocycles. The number of nitrogens with one attached hydrogen (secondary N) is 2. The first-order valence-corrected chi connectivity index (χ1v) is 7.19. The Kier molecular flexibility index (Phi) is 5.57. The predicted molar refractivity (Wildman–Crippen MR) is 74.1 cm³/mol. The van der Waals surface area contributed by atoms with Gasteiger partial charge < -0.3 is 24.9 Å². The molecule has 0 spiro atoms. The number of ether oxygens (including phenoxy) is 1. The zero-order chi connectivity index (χ0) is 15.1. The quantitative estimate of drug-likeness (QED) is 0.623. The zero-order valence-corrected chi connectivity index (χ0v) is 11.9. The molecule has 2 N–H and O–H groups in total. The van der Waals surface area contributed by atoms with Crippen LogP contribution in [0.15, 0.2) is 24.3 Å².